The molecule has 0 unspecified atom stereocenters. The number of nitrogen functional groups attached to an aromatic ring is 1. The van der Waals surface area contributed by atoms with Gasteiger partial charge in [-0.05, 0) is 23.8 Å². The number of thiazole rings is 1. The lowest BCUT2D eigenvalue weighted by molar-refractivity contribution is 0.801. The molecule has 5 rings (SSSR count). The normalized spacial score (nSPS) is 11.5. The van der Waals surface area contributed by atoms with Crippen LogP contribution < -0.4 is 5.73 Å². The van der Waals surface area contributed by atoms with Crippen molar-refractivity contribution in [2.45, 2.75) is 6.42 Å². The highest BCUT2D eigenvalue weighted by atomic mass is 32.1. The molecule has 0 aliphatic carbocycles. The number of rotatable bonds is 3. The lowest BCUT2D eigenvalue weighted by Crippen LogP contribution is -1.98. The molecule has 0 spiro atoms. The van der Waals surface area contributed by atoms with Gasteiger partial charge in [0, 0.05) is 30.6 Å². The maximum atomic E-state index is 5.79. The first-order valence-electron chi connectivity index (χ1n) is 7.74. The van der Waals surface area contributed by atoms with E-state index in [2.05, 4.69) is 36.8 Å². The van der Waals surface area contributed by atoms with E-state index >= 15 is 0 Å². The smallest absolute Gasteiger partial charge is 0.181 e. The molecular weight excluding hydrogens is 334 g/mol. The second-order valence-corrected chi connectivity index (χ2v) is 6.80. The second kappa shape index (κ2) is 5.38. The summed E-state index contributed by atoms with van der Waals surface area (Å²) in [6.07, 6.45) is 8.18. The van der Waals surface area contributed by atoms with Crippen LogP contribution in [0.25, 0.3) is 21.6 Å². The second-order valence-electron chi connectivity index (χ2n) is 5.74. The Labute approximate surface area is 146 Å². The van der Waals surface area contributed by atoms with Gasteiger partial charge >= 0.3 is 0 Å². The van der Waals surface area contributed by atoms with E-state index in [9.17, 15) is 0 Å². The molecule has 4 heterocycles. The fraction of sp³-hybridized carbons (Fsp3) is 0.0588. The highest BCUT2D eigenvalue weighted by Crippen LogP contribution is 2.25. The van der Waals surface area contributed by atoms with Gasteiger partial charge in [-0.25, -0.2) is 14.6 Å². The first-order valence-corrected chi connectivity index (χ1v) is 8.55. The summed E-state index contributed by atoms with van der Waals surface area (Å²) in [5.74, 6) is 0. The summed E-state index contributed by atoms with van der Waals surface area (Å²) in [5, 5.41) is 8.45. The van der Waals surface area contributed by atoms with Crippen LogP contribution in [0.1, 0.15) is 11.3 Å². The first kappa shape index (κ1) is 14.1. The number of nitrogens with two attached hydrogens (primary N) is 1. The van der Waals surface area contributed by atoms with Gasteiger partial charge in [0.15, 0.2) is 5.13 Å². The molecule has 2 N–H and O–H groups in total. The largest absolute Gasteiger partial charge is 0.375 e. The average molecular weight is 347 g/mol. The Balaban J connectivity index is 1.51. The number of aromatic nitrogens is 6. The van der Waals surface area contributed by atoms with E-state index in [1.165, 1.54) is 16.9 Å². The Kier molecular flexibility index (Phi) is 3.04. The third kappa shape index (κ3) is 2.43. The van der Waals surface area contributed by atoms with Gasteiger partial charge in [-0.15, -0.1) is 5.10 Å². The zero-order valence-electron chi connectivity index (χ0n) is 13.1. The Morgan fingerprint density at radius 1 is 1.12 bits per heavy atom. The molecule has 0 fully saturated rings. The molecular formula is C17H13N7S. The predicted molar refractivity (Wildman–Crippen MR) is 96.9 cm³/mol. The van der Waals surface area contributed by atoms with E-state index in [0.29, 0.717) is 5.13 Å². The Morgan fingerprint density at radius 2 is 2.08 bits per heavy atom. The van der Waals surface area contributed by atoms with Gasteiger partial charge in [0.1, 0.15) is 5.65 Å². The van der Waals surface area contributed by atoms with Crippen molar-refractivity contribution in [3.05, 3.63) is 66.4 Å². The van der Waals surface area contributed by atoms with Crippen molar-refractivity contribution in [3.63, 3.8) is 0 Å². The van der Waals surface area contributed by atoms with Crippen molar-refractivity contribution in [1.82, 2.24) is 29.4 Å². The molecule has 0 saturated heterocycles. The minimum atomic E-state index is 0.600. The summed E-state index contributed by atoms with van der Waals surface area (Å²) in [6.45, 7) is 0. The Morgan fingerprint density at radius 3 is 2.96 bits per heavy atom. The molecule has 0 atom stereocenters. The molecule has 0 aliphatic heterocycles. The van der Waals surface area contributed by atoms with Crippen LogP contribution in [0.3, 0.4) is 0 Å². The van der Waals surface area contributed by atoms with E-state index in [-0.39, 0.29) is 0 Å². The monoisotopic (exact) mass is 347 g/mol. The molecule has 0 radical (unpaired) electrons. The van der Waals surface area contributed by atoms with E-state index < -0.39 is 0 Å². The lowest BCUT2D eigenvalue weighted by atomic mass is 10.1. The quantitative estimate of drug-likeness (QED) is 0.542. The standard InChI is InChI=1S/C17H13N7S/c18-17-21-14-2-1-11(8-15(14)25-17)7-13-10-19-16-9-12(3-5-23(13)16)24-6-4-20-22-24/h1-6,8-10H,7H2,(H2,18,21). The van der Waals surface area contributed by atoms with Crippen LogP contribution in [-0.2, 0) is 6.42 Å². The van der Waals surface area contributed by atoms with Crippen molar-refractivity contribution in [2.24, 2.45) is 0 Å². The number of imidazole rings is 1. The van der Waals surface area contributed by atoms with Crippen molar-refractivity contribution in [1.29, 1.82) is 0 Å². The summed E-state index contributed by atoms with van der Waals surface area (Å²) in [7, 11) is 0. The van der Waals surface area contributed by atoms with Crippen molar-refractivity contribution in [2.75, 3.05) is 5.73 Å². The summed E-state index contributed by atoms with van der Waals surface area (Å²) in [4.78, 5) is 8.82. The number of nitrogens with zero attached hydrogens (tertiary/aromatic N) is 6. The van der Waals surface area contributed by atoms with Crippen LogP contribution in [0.5, 0.6) is 0 Å². The number of pyridine rings is 1. The van der Waals surface area contributed by atoms with E-state index in [1.807, 2.05) is 36.8 Å². The fourth-order valence-corrected chi connectivity index (χ4v) is 3.75. The van der Waals surface area contributed by atoms with Crippen molar-refractivity contribution >= 4 is 32.3 Å². The minimum absolute atomic E-state index is 0.600. The Hall–Kier alpha value is -3.26. The zero-order chi connectivity index (χ0) is 16.8. The van der Waals surface area contributed by atoms with E-state index in [1.54, 1.807) is 10.9 Å². The number of anilines is 1. The number of fused-ring (bicyclic) bond motifs is 2. The SMILES string of the molecule is Nc1nc2ccc(Cc3cnc4cc(-n5ccnn5)ccn34)cc2s1. The fourth-order valence-electron chi connectivity index (χ4n) is 2.95. The van der Waals surface area contributed by atoms with Gasteiger partial charge in [-0.3, -0.25) is 0 Å². The lowest BCUT2D eigenvalue weighted by Gasteiger charge is -2.04. The highest BCUT2D eigenvalue weighted by Gasteiger charge is 2.08. The molecule has 5 aromatic rings. The van der Waals surface area contributed by atoms with Gasteiger partial charge in [0.2, 0.25) is 0 Å². The summed E-state index contributed by atoms with van der Waals surface area (Å²) >= 11 is 1.51. The summed E-state index contributed by atoms with van der Waals surface area (Å²) < 4.78 is 4.92. The number of benzene rings is 1. The van der Waals surface area contributed by atoms with Gasteiger partial charge in [0.05, 0.1) is 28.3 Å². The molecule has 0 amide bonds. The summed E-state index contributed by atoms with van der Waals surface area (Å²) in [5.41, 5.74) is 10.9. The molecule has 4 aromatic heterocycles. The third-order valence-corrected chi connectivity index (χ3v) is 4.96. The molecule has 0 saturated carbocycles. The van der Waals surface area contributed by atoms with Crippen LogP contribution in [0.15, 0.2) is 55.1 Å². The molecule has 0 aliphatic rings. The van der Waals surface area contributed by atoms with Crippen LogP contribution in [0, 0.1) is 0 Å². The molecule has 122 valence electrons. The first-order chi connectivity index (χ1) is 12.3. The van der Waals surface area contributed by atoms with Crippen LogP contribution in [-0.4, -0.2) is 29.4 Å². The number of hydrogen-bond donors (Lipinski definition) is 1. The predicted octanol–water partition coefficient (Wildman–Crippen LogP) is 2.70. The van der Waals surface area contributed by atoms with Crippen molar-refractivity contribution in [3.8, 4) is 5.69 Å². The summed E-state index contributed by atoms with van der Waals surface area (Å²) in [6, 6.07) is 10.2. The van der Waals surface area contributed by atoms with Gasteiger partial charge < -0.3 is 10.1 Å². The van der Waals surface area contributed by atoms with Crippen molar-refractivity contribution < 1.29 is 0 Å². The van der Waals surface area contributed by atoms with E-state index in [0.717, 1.165) is 33.7 Å². The minimum Gasteiger partial charge on any atom is -0.375 e. The highest BCUT2D eigenvalue weighted by molar-refractivity contribution is 7.22. The van der Waals surface area contributed by atoms with Gasteiger partial charge in [-0.2, -0.15) is 0 Å². The average Bonchev–Trinajstić information content (AvgIpc) is 3.33. The molecule has 7 nitrogen and oxygen atoms in total. The Bertz CT molecular complexity index is 1190. The van der Waals surface area contributed by atoms with Gasteiger partial charge in [0.25, 0.3) is 0 Å². The maximum absolute atomic E-state index is 5.79. The molecule has 0 bridgehead atoms. The molecule has 25 heavy (non-hydrogen) atoms. The van der Waals surface area contributed by atoms with Gasteiger partial charge in [-0.1, -0.05) is 22.6 Å². The topological polar surface area (TPSA) is 86.9 Å². The molecule has 1 aromatic carbocycles. The van der Waals surface area contributed by atoms with E-state index in [4.69, 9.17) is 5.73 Å². The van der Waals surface area contributed by atoms with Crippen LogP contribution >= 0.6 is 11.3 Å². The van der Waals surface area contributed by atoms with Crippen LogP contribution in [0.4, 0.5) is 5.13 Å². The van der Waals surface area contributed by atoms with Crippen LogP contribution in [0.2, 0.25) is 0 Å². The zero-order valence-corrected chi connectivity index (χ0v) is 13.9. The number of hydrogen-bond acceptors (Lipinski definition) is 6. The maximum Gasteiger partial charge on any atom is 0.181 e. The third-order valence-electron chi connectivity index (χ3n) is 4.12. The molecule has 8 heteroatoms.